The van der Waals surface area contributed by atoms with Crippen molar-refractivity contribution in [1.82, 2.24) is 9.80 Å². The second kappa shape index (κ2) is 6.85. The van der Waals surface area contributed by atoms with E-state index in [9.17, 15) is 4.79 Å². The highest BCUT2D eigenvalue weighted by Crippen LogP contribution is 2.09. The van der Waals surface area contributed by atoms with Crippen molar-refractivity contribution in [2.75, 3.05) is 39.8 Å². The zero-order valence-electron chi connectivity index (χ0n) is 10.8. The van der Waals surface area contributed by atoms with Crippen LogP contribution in [0.25, 0.3) is 0 Å². The molecule has 102 valence electrons. The molecule has 0 saturated carbocycles. The second-order valence-corrected chi connectivity index (χ2v) is 4.07. The van der Waals surface area contributed by atoms with Gasteiger partial charge in [-0.1, -0.05) is 0 Å². The van der Waals surface area contributed by atoms with Gasteiger partial charge in [0.05, 0.1) is 5.70 Å². The zero-order valence-corrected chi connectivity index (χ0v) is 10.8. The van der Waals surface area contributed by atoms with Crippen molar-refractivity contribution in [3.63, 3.8) is 0 Å². The van der Waals surface area contributed by atoms with Crippen molar-refractivity contribution in [2.24, 2.45) is 22.2 Å². The van der Waals surface area contributed by atoms with Crippen LogP contribution in [0.3, 0.4) is 0 Å². The summed E-state index contributed by atoms with van der Waals surface area (Å²) in [5, 5.41) is 0. The van der Waals surface area contributed by atoms with Gasteiger partial charge in [0.1, 0.15) is 5.84 Å². The highest BCUT2D eigenvalue weighted by molar-refractivity contribution is 5.96. The van der Waals surface area contributed by atoms with E-state index in [4.69, 9.17) is 17.2 Å². The zero-order chi connectivity index (χ0) is 13.5. The van der Waals surface area contributed by atoms with Crippen molar-refractivity contribution in [1.29, 1.82) is 0 Å². The van der Waals surface area contributed by atoms with Gasteiger partial charge >= 0.3 is 0 Å². The Kier molecular flexibility index (Phi) is 5.44. The van der Waals surface area contributed by atoms with E-state index in [1.54, 1.807) is 7.05 Å². The molecule has 18 heavy (non-hydrogen) atoms. The number of rotatable bonds is 4. The molecular weight excluding hydrogens is 232 g/mol. The van der Waals surface area contributed by atoms with E-state index in [-0.39, 0.29) is 5.91 Å². The van der Waals surface area contributed by atoms with Gasteiger partial charge in [-0.05, 0) is 0 Å². The molecule has 0 bridgehead atoms. The van der Waals surface area contributed by atoms with Crippen LogP contribution in [0.15, 0.2) is 16.9 Å². The van der Waals surface area contributed by atoms with Gasteiger partial charge in [-0.2, -0.15) is 0 Å². The van der Waals surface area contributed by atoms with Gasteiger partial charge in [0.25, 0.3) is 0 Å². The Labute approximate surface area is 107 Å². The standard InChI is InChI=1S/C11H22N6O/c1-15-11(14)9(8-13)16-4-6-17(7-5-16)10(18)2-3-12/h8H,2-7,12-13H2,1H3,(H2,14,15). The maximum Gasteiger partial charge on any atom is 0.223 e. The number of hydrogen-bond acceptors (Lipinski definition) is 5. The van der Waals surface area contributed by atoms with Crippen molar-refractivity contribution < 1.29 is 4.79 Å². The third-order valence-corrected chi connectivity index (χ3v) is 2.99. The number of hydrogen-bond donors (Lipinski definition) is 3. The van der Waals surface area contributed by atoms with Crippen LogP contribution in [0, 0.1) is 0 Å². The van der Waals surface area contributed by atoms with E-state index >= 15 is 0 Å². The van der Waals surface area contributed by atoms with Crippen LogP contribution in [0.4, 0.5) is 0 Å². The second-order valence-electron chi connectivity index (χ2n) is 4.07. The highest BCUT2D eigenvalue weighted by Gasteiger charge is 2.22. The van der Waals surface area contributed by atoms with Crippen LogP contribution in [-0.2, 0) is 4.79 Å². The number of nitrogens with zero attached hydrogens (tertiary/aromatic N) is 3. The number of nitrogens with two attached hydrogens (primary N) is 3. The fraction of sp³-hybridized carbons (Fsp3) is 0.636. The summed E-state index contributed by atoms with van der Waals surface area (Å²) in [6.45, 7) is 3.12. The summed E-state index contributed by atoms with van der Waals surface area (Å²) in [6, 6.07) is 0. The molecule has 1 amide bonds. The Morgan fingerprint density at radius 3 is 2.28 bits per heavy atom. The summed E-state index contributed by atoms with van der Waals surface area (Å²) in [5.41, 5.74) is 17.4. The summed E-state index contributed by atoms with van der Waals surface area (Å²) >= 11 is 0. The molecule has 0 spiro atoms. The normalized spacial score (nSPS) is 18.1. The van der Waals surface area contributed by atoms with E-state index in [0.29, 0.717) is 45.0 Å². The van der Waals surface area contributed by atoms with Gasteiger partial charge in [0.2, 0.25) is 5.91 Å². The van der Waals surface area contributed by atoms with Crippen LogP contribution in [-0.4, -0.2) is 61.3 Å². The first-order chi connectivity index (χ1) is 8.63. The largest absolute Gasteiger partial charge is 0.403 e. The molecular formula is C11H22N6O. The molecule has 0 aliphatic carbocycles. The highest BCUT2D eigenvalue weighted by atomic mass is 16.2. The summed E-state index contributed by atoms with van der Waals surface area (Å²) in [7, 11) is 1.62. The molecule has 1 heterocycles. The van der Waals surface area contributed by atoms with Gasteiger partial charge in [-0.15, -0.1) is 0 Å². The molecule has 0 aromatic heterocycles. The monoisotopic (exact) mass is 254 g/mol. The van der Waals surface area contributed by atoms with E-state index in [2.05, 4.69) is 4.99 Å². The molecule has 7 nitrogen and oxygen atoms in total. The van der Waals surface area contributed by atoms with E-state index in [1.807, 2.05) is 9.80 Å². The lowest BCUT2D eigenvalue weighted by Crippen LogP contribution is -2.50. The van der Waals surface area contributed by atoms with Gasteiger partial charge in [-0.25, -0.2) is 0 Å². The minimum Gasteiger partial charge on any atom is -0.403 e. The number of carbonyl (C=O) groups excluding carboxylic acids is 1. The van der Waals surface area contributed by atoms with Crippen molar-refractivity contribution in [3.05, 3.63) is 11.9 Å². The van der Waals surface area contributed by atoms with E-state index < -0.39 is 0 Å². The molecule has 7 heteroatoms. The number of amidine groups is 1. The fourth-order valence-electron chi connectivity index (χ4n) is 1.95. The lowest BCUT2D eigenvalue weighted by Gasteiger charge is -2.36. The van der Waals surface area contributed by atoms with Crippen LogP contribution in [0.2, 0.25) is 0 Å². The molecule has 0 aromatic rings. The van der Waals surface area contributed by atoms with E-state index in [0.717, 1.165) is 5.70 Å². The summed E-state index contributed by atoms with van der Waals surface area (Å²) < 4.78 is 0. The Morgan fingerprint density at radius 2 is 1.83 bits per heavy atom. The smallest absolute Gasteiger partial charge is 0.223 e. The Hall–Kier alpha value is -1.76. The minimum absolute atomic E-state index is 0.104. The van der Waals surface area contributed by atoms with Gasteiger partial charge < -0.3 is 27.0 Å². The molecule has 0 radical (unpaired) electrons. The molecule has 1 fully saturated rings. The van der Waals surface area contributed by atoms with Crippen LogP contribution < -0.4 is 17.2 Å². The maximum absolute atomic E-state index is 11.7. The molecule has 1 aliphatic rings. The number of amides is 1. The number of carbonyl (C=O) groups is 1. The first kappa shape index (κ1) is 14.3. The average Bonchev–Trinajstić information content (AvgIpc) is 2.40. The summed E-state index contributed by atoms with van der Waals surface area (Å²) in [4.78, 5) is 19.5. The van der Waals surface area contributed by atoms with Crippen LogP contribution >= 0.6 is 0 Å². The van der Waals surface area contributed by atoms with Gasteiger partial charge in [-0.3, -0.25) is 9.79 Å². The lowest BCUT2D eigenvalue weighted by molar-refractivity contribution is -0.132. The number of piperazine rings is 1. The van der Waals surface area contributed by atoms with Gasteiger partial charge in [0.15, 0.2) is 0 Å². The van der Waals surface area contributed by atoms with Gasteiger partial charge in [0, 0.05) is 52.4 Å². The molecule has 1 saturated heterocycles. The minimum atomic E-state index is 0.104. The molecule has 6 N–H and O–H groups in total. The van der Waals surface area contributed by atoms with Crippen molar-refractivity contribution >= 4 is 11.7 Å². The average molecular weight is 254 g/mol. The SMILES string of the molecule is CN=C(N)C(=CN)N1CCN(C(=O)CCN)CC1. The van der Waals surface area contributed by atoms with E-state index in [1.165, 1.54) is 6.20 Å². The third kappa shape index (κ3) is 3.36. The summed E-state index contributed by atoms with van der Waals surface area (Å²) in [5.74, 6) is 0.520. The molecule has 1 rings (SSSR count). The first-order valence-electron chi connectivity index (χ1n) is 6.01. The Morgan fingerprint density at radius 1 is 1.28 bits per heavy atom. The topological polar surface area (TPSA) is 114 Å². The molecule has 0 aromatic carbocycles. The maximum atomic E-state index is 11.7. The fourth-order valence-corrected chi connectivity index (χ4v) is 1.95. The van der Waals surface area contributed by atoms with Crippen LogP contribution in [0.1, 0.15) is 6.42 Å². The summed E-state index contributed by atoms with van der Waals surface area (Å²) in [6.07, 6.45) is 1.86. The molecule has 0 unspecified atom stereocenters. The Balaban J connectivity index is 2.56. The quantitative estimate of drug-likeness (QED) is 0.407. The Bertz CT molecular complexity index is 343. The number of aliphatic imine (C=N–C) groups is 1. The third-order valence-electron chi connectivity index (χ3n) is 2.99. The first-order valence-corrected chi connectivity index (χ1v) is 6.01. The van der Waals surface area contributed by atoms with Crippen molar-refractivity contribution in [3.8, 4) is 0 Å². The van der Waals surface area contributed by atoms with Crippen molar-refractivity contribution in [2.45, 2.75) is 6.42 Å². The molecule has 0 atom stereocenters. The molecule has 1 aliphatic heterocycles. The van der Waals surface area contributed by atoms with Crippen LogP contribution in [0.5, 0.6) is 0 Å². The lowest BCUT2D eigenvalue weighted by atomic mass is 10.2. The predicted octanol–water partition coefficient (Wildman–Crippen LogP) is -1.73. The predicted molar refractivity (Wildman–Crippen MR) is 71.6 cm³/mol.